The molecule has 2 aromatic rings. The Kier molecular flexibility index (Phi) is 5.21. The van der Waals surface area contributed by atoms with E-state index in [4.69, 9.17) is 4.74 Å². The summed E-state index contributed by atoms with van der Waals surface area (Å²) >= 11 is 0. The second kappa shape index (κ2) is 7.12. The molecule has 0 radical (unpaired) electrons. The fourth-order valence-electron chi connectivity index (χ4n) is 2.49. The average Bonchev–Trinajstić information content (AvgIpc) is 2.50. The van der Waals surface area contributed by atoms with Crippen molar-refractivity contribution >= 4 is 5.91 Å². The topological polar surface area (TPSA) is 38.3 Å². The molecule has 2 rings (SSSR count). The molecule has 0 saturated heterocycles. The first-order valence-corrected chi connectivity index (χ1v) is 7.49. The number of carbonyl (C=O) groups excluding carboxylic acids is 1. The highest BCUT2D eigenvalue weighted by Crippen LogP contribution is 2.24. The van der Waals surface area contributed by atoms with Crippen molar-refractivity contribution in [3.8, 4) is 5.75 Å². The van der Waals surface area contributed by atoms with Crippen LogP contribution in [0.5, 0.6) is 5.75 Å². The maximum Gasteiger partial charge on any atom is 0.224 e. The second-order valence-corrected chi connectivity index (χ2v) is 5.63. The molecule has 1 unspecified atom stereocenters. The zero-order chi connectivity index (χ0) is 16.1. The molecule has 0 aromatic heterocycles. The van der Waals surface area contributed by atoms with Gasteiger partial charge in [0.25, 0.3) is 0 Å². The number of hydrogen-bond donors (Lipinski definition) is 1. The summed E-state index contributed by atoms with van der Waals surface area (Å²) in [6.45, 7) is 6.10. The van der Waals surface area contributed by atoms with E-state index in [2.05, 4.69) is 31.3 Å². The minimum Gasteiger partial charge on any atom is -0.496 e. The minimum atomic E-state index is -0.0878. The quantitative estimate of drug-likeness (QED) is 0.913. The molecule has 116 valence electrons. The van der Waals surface area contributed by atoms with Crippen LogP contribution in [0.25, 0.3) is 0 Å². The number of methoxy groups -OCH3 is 1. The summed E-state index contributed by atoms with van der Waals surface area (Å²) in [6, 6.07) is 13.8. The van der Waals surface area contributed by atoms with Crippen LogP contribution >= 0.6 is 0 Å². The van der Waals surface area contributed by atoms with E-state index < -0.39 is 0 Å². The smallest absolute Gasteiger partial charge is 0.224 e. The van der Waals surface area contributed by atoms with E-state index in [0.717, 1.165) is 16.9 Å². The molecule has 1 amide bonds. The number of amides is 1. The van der Waals surface area contributed by atoms with E-state index in [-0.39, 0.29) is 11.9 Å². The van der Waals surface area contributed by atoms with Crippen molar-refractivity contribution in [3.63, 3.8) is 0 Å². The number of aryl methyl sites for hydroxylation is 2. The summed E-state index contributed by atoms with van der Waals surface area (Å²) in [4.78, 5) is 12.2. The van der Waals surface area contributed by atoms with Crippen molar-refractivity contribution in [2.45, 2.75) is 33.2 Å². The third kappa shape index (κ3) is 3.88. The van der Waals surface area contributed by atoms with Gasteiger partial charge in [-0.1, -0.05) is 36.4 Å². The Morgan fingerprint density at radius 3 is 2.55 bits per heavy atom. The normalized spacial score (nSPS) is 11.8. The van der Waals surface area contributed by atoms with Gasteiger partial charge in [-0.05, 0) is 43.5 Å². The highest BCUT2D eigenvalue weighted by molar-refractivity contribution is 5.79. The molecule has 2 aromatic carbocycles. The fraction of sp³-hybridized carbons (Fsp3) is 0.316. The Hall–Kier alpha value is -2.29. The third-order valence-corrected chi connectivity index (χ3v) is 3.92. The number of rotatable bonds is 5. The molecular weight excluding hydrogens is 274 g/mol. The maximum absolute atomic E-state index is 12.2. The Morgan fingerprint density at radius 2 is 1.86 bits per heavy atom. The number of benzene rings is 2. The van der Waals surface area contributed by atoms with E-state index in [1.54, 1.807) is 7.11 Å². The van der Waals surface area contributed by atoms with Crippen molar-refractivity contribution in [1.29, 1.82) is 0 Å². The van der Waals surface area contributed by atoms with E-state index in [9.17, 15) is 4.79 Å². The van der Waals surface area contributed by atoms with Gasteiger partial charge >= 0.3 is 0 Å². The summed E-state index contributed by atoms with van der Waals surface area (Å²) in [6.07, 6.45) is 0.389. The molecule has 0 aliphatic carbocycles. The molecule has 1 N–H and O–H groups in total. The molecule has 0 saturated carbocycles. The fourth-order valence-corrected chi connectivity index (χ4v) is 2.49. The molecule has 1 atom stereocenters. The first kappa shape index (κ1) is 16.1. The molecule has 0 fully saturated rings. The molecule has 3 nitrogen and oxygen atoms in total. The van der Waals surface area contributed by atoms with Gasteiger partial charge in [0.05, 0.1) is 19.6 Å². The summed E-state index contributed by atoms with van der Waals surface area (Å²) in [5.41, 5.74) is 4.47. The lowest BCUT2D eigenvalue weighted by molar-refractivity contribution is -0.121. The van der Waals surface area contributed by atoms with Crippen molar-refractivity contribution in [2.75, 3.05) is 7.11 Å². The number of nitrogens with one attached hydrogen (secondary N) is 1. The van der Waals surface area contributed by atoms with Gasteiger partial charge in [-0.3, -0.25) is 4.79 Å². The predicted octanol–water partition coefficient (Wildman–Crippen LogP) is 3.73. The molecule has 0 aliphatic heterocycles. The van der Waals surface area contributed by atoms with Crippen LogP contribution in [0.4, 0.5) is 0 Å². The van der Waals surface area contributed by atoms with E-state index >= 15 is 0 Å². The Bertz CT molecular complexity index is 664. The maximum atomic E-state index is 12.2. The Labute approximate surface area is 132 Å². The zero-order valence-electron chi connectivity index (χ0n) is 13.6. The molecular formula is C19H23NO2. The average molecular weight is 297 g/mol. The molecule has 0 spiro atoms. The molecule has 0 heterocycles. The van der Waals surface area contributed by atoms with E-state index in [0.29, 0.717) is 6.42 Å². The van der Waals surface area contributed by atoms with Crippen LogP contribution in [-0.2, 0) is 11.2 Å². The second-order valence-electron chi connectivity index (χ2n) is 5.63. The predicted molar refractivity (Wildman–Crippen MR) is 89.2 cm³/mol. The Balaban J connectivity index is 2.03. The first-order chi connectivity index (χ1) is 10.5. The number of ether oxygens (including phenoxy) is 1. The summed E-state index contributed by atoms with van der Waals surface area (Å²) < 4.78 is 5.34. The van der Waals surface area contributed by atoms with Gasteiger partial charge in [0.15, 0.2) is 0 Å². The van der Waals surface area contributed by atoms with Crippen molar-refractivity contribution in [2.24, 2.45) is 0 Å². The van der Waals surface area contributed by atoms with E-state index in [1.165, 1.54) is 11.1 Å². The van der Waals surface area contributed by atoms with Gasteiger partial charge in [-0.15, -0.1) is 0 Å². The largest absolute Gasteiger partial charge is 0.496 e. The van der Waals surface area contributed by atoms with Crippen molar-refractivity contribution < 1.29 is 9.53 Å². The molecule has 0 aliphatic rings. The van der Waals surface area contributed by atoms with Gasteiger partial charge in [0.1, 0.15) is 5.75 Å². The van der Waals surface area contributed by atoms with Crippen LogP contribution in [0.15, 0.2) is 42.5 Å². The molecule has 3 heteroatoms. The number of hydrogen-bond acceptors (Lipinski definition) is 2. The molecule has 22 heavy (non-hydrogen) atoms. The van der Waals surface area contributed by atoms with Crippen LogP contribution in [0, 0.1) is 13.8 Å². The first-order valence-electron chi connectivity index (χ1n) is 7.49. The van der Waals surface area contributed by atoms with Gasteiger partial charge < -0.3 is 10.1 Å². The number of para-hydroxylation sites is 1. The van der Waals surface area contributed by atoms with Crippen LogP contribution in [0.3, 0.4) is 0 Å². The van der Waals surface area contributed by atoms with Crippen molar-refractivity contribution in [3.05, 3.63) is 64.7 Å². The Morgan fingerprint density at radius 1 is 1.14 bits per heavy atom. The lowest BCUT2D eigenvalue weighted by Crippen LogP contribution is -2.28. The van der Waals surface area contributed by atoms with Crippen LogP contribution in [0.1, 0.15) is 35.2 Å². The minimum absolute atomic E-state index is 0.0154. The van der Waals surface area contributed by atoms with E-state index in [1.807, 2.05) is 37.3 Å². The van der Waals surface area contributed by atoms with Gasteiger partial charge in [0.2, 0.25) is 5.91 Å². The summed E-state index contributed by atoms with van der Waals surface area (Å²) in [7, 11) is 1.64. The highest BCUT2D eigenvalue weighted by Gasteiger charge is 2.14. The van der Waals surface area contributed by atoms with Crippen LogP contribution < -0.4 is 10.1 Å². The SMILES string of the molecule is COc1ccccc1C(C)NC(=O)Cc1ccc(C)c(C)c1. The monoisotopic (exact) mass is 297 g/mol. The summed E-state index contributed by atoms with van der Waals surface area (Å²) in [5, 5.41) is 3.03. The van der Waals surface area contributed by atoms with Gasteiger partial charge in [-0.25, -0.2) is 0 Å². The highest BCUT2D eigenvalue weighted by atomic mass is 16.5. The zero-order valence-corrected chi connectivity index (χ0v) is 13.6. The van der Waals surface area contributed by atoms with Gasteiger partial charge in [0, 0.05) is 5.56 Å². The third-order valence-electron chi connectivity index (χ3n) is 3.92. The number of carbonyl (C=O) groups is 1. The lowest BCUT2D eigenvalue weighted by Gasteiger charge is -2.17. The van der Waals surface area contributed by atoms with Crippen LogP contribution in [-0.4, -0.2) is 13.0 Å². The van der Waals surface area contributed by atoms with Gasteiger partial charge in [-0.2, -0.15) is 0 Å². The summed E-state index contributed by atoms with van der Waals surface area (Å²) in [5.74, 6) is 0.808. The standard InChI is InChI=1S/C19H23NO2/c1-13-9-10-16(11-14(13)2)12-19(21)20-15(3)17-7-5-6-8-18(17)22-4/h5-11,15H,12H2,1-4H3,(H,20,21). The van der Waals surface area contributed by atoms with Crippen molar-refractivity contribution in [1.82, 2.24) is 5.32 Å². The molecule has 0 bridgehead atoms. The van der Waals surface area contributed by atoms with Crippen LogP contribution in [0.2, 0.25) is 0 Å². The lowest BCUT2D eigenvalue weighted by atomic mass is 10.0.